The van der Waals surface area contributed by atoms with Gasteiger partial charge in [0, 0.05) is 11.5 Å². The normalized spacial score (nSPS) is 15.5. The van der Waals surface area contributed by atoms with Gasteiger partial charge in [-0.1, -0.05) is 12.8 Å². The van der Waals surface area contributed by atoms with Crippen LogP contribution in [0.15, 0.2) is 12.1 Å². The Bertz CT molecular complexity index is 694. The zero-order valence-corrected chi connectivity index (χ0v) is 11.1. The maximum Gasteiger partial charge on any atom is 0.336 e. The molecular formula is C14H13F2N3O2. The molecule has 0 saturated heterocycles. The van der Waals surface area contributed by atoms with E-state index in [0.29, 0.717) is 11.9 Å². The number of carboxylic acid groups (broad SMARTS) is 1. The second-order valence-electron chi connectivity index (χ2n) is 5.14. The number of hydrogen-bond acceptors (Lipinski definition) is 3. The molecule has 1 aliphatic carbocycles. The molecular weight excluding hydrogens is 280 g/mol. The number of benzene rings is 1. The lowest BCUT2D eigenvalue weighted by atomic mass is 10.1. The summed E-state index contributed by atoms with van der Waals surface area (Å²) in [5.74, 6) is -2.66. The molecule has 1 saturated carbocycles. The minimum atomic E-state index is -1.35. The fraction of sp³-hybridized carbons (Fsp3) is 0.357. The summed E-state index contributed by atoms with van der Waals surface area (Å²) in [5.41, 5.74) is -0.382. The number of carboxylic acids is 1. The summed E-state index contributed by atoms with van der Waals surface area (Å²) < 4.78 is 26.6. The minimum Gasteiger partial charge on any atom is -0.478 e. The van der Waals surface area contributed by atoms with Gasteiger partial charge in [-0.05, 0) is 25.0 Å². The van der Waals surface area contributed by atoms with Crippen LogP contribution in [0.1, 0.15) is 47.8 Å². The smallest absolute Gasteiger partial charge is 0.336 e. The van der Waals surface area contributed by atoms with Crippen molar-refractivity contribution >= 4 is 5.97 Å². The lowest BCUT2D eigenvalue weighted by Crippen LogP contribution is -2.03. The molecule has 0 unspecified atom stereocenters. The van der Waals surface area contributed by atoms with Gasteiger partial charge in [0.2, 0.25) is 0 Å². The Morgan fingerprint density at radius 3 is 2.57 bits per heavy atom. The molecule has 0 atom stereocenters. The van der Waals surface area contributed by atoms with Gasteiger partial charge < -0.3 is 5.11 Å². The largest absolute Gasteiger partial charge is 0.478 e. The Labute approximate surface area is 119 Å². The third kappa shape index (κ3) is 2.51. The second kappa shape index (κ2) is 5.23. The van der Waals surface area contributed by atoms with Crippen molar-refractivity contribution in [3.63, 3.8) is 0 Å². The molecule has 21 heavy (non-hydrogen) atoms. The van der Waals surface area contributed by atoms with Crippen molar-refractivity contribution in [2.45, 2.75) is 31.6 Å². The third-order valence-electron chi connectivity index (χ3n) is 3.78. The Morgan fingerprint density at radius 1 is 1.24 bits per heavy atom. The topological polar surface area (TPSA) is 78.9 Å². The van der Waals surface area contributed by atoms with Crippen molar-refractivity contribution < 1.29 is 18.7 Å². The molecule has 2 aromatic rings. The summed E-state index contributed by atoms with van der Waals surface area (Å²) in [4.78, 5) is 15.4. The van der Waals surface area contributed by atoms with Crippen LogP contribution >= 0.6 is 0 Å². The number of nitrogens with zero attached hydrogens (tertiary/aromatic N) is 2. The zero-order chi connectivity index (χ0) is 15.0. The Morgan fingerprint density at radius 2 is 1.90 bits per heavy atom. The van der Waals surface area contributed by atoms with Crippen LogP contribution in [0.2, 0.25) is 0 Å². The van der Waals surface area contributed by atoms with E-state index in [1.807, 2.05) is 0 Å². The highest BCUT2D eigenvalue weighted by atomic mass is 19.2. The van der Waals surface area contributed by atoms with Crippen LogP contribution < -0.4 is 0 Å². The molecule has 0 aliphatic heterocycles. The first-order valence-electron chi connectivity index (χ1n) is 6.71. The molecule has 0 spiro atoms. The lowest BCUT2D eigenvalue weighted by Gasteiger charge is -2.04. The van der Waals surface area contributed by atoms with Gasteiger partial charge in [-0.3, -0.25) is 5.10 Å². The summed E-state index contributed by atoms with van der Waals surface area (Å²) in [7, 11) is 0. The van der Waals surface area contributed by atoms with E-state index in [1.54, 1.807) is 0 Å². The number of carbonyl (C=O) groups is 1. The van der Waals surface area contributed by atoms with Gasteiger partial charge in [-0.2, -0.15) is 5.10 Å². The molecule has 2 N–H and O–H groups in total. The standard InChI is InChI=1S/C14H13F2N3O2/c15-10-5-8(9(14(20)21)6-11(10)16)13-17-12(18-19-13)7-3-1-2-4-7/h5-7H,1-4H2,(H,20,21)(H,17,18,19). The molecule has 1 aliphatic rings. The van der Waals surface area contributed by atoms with E-state index >= 15 is 0 Å². The summed E-state index contributed by atoms with van der Waals surface area (Å²) >= 11 is 0. The molecule has 110 valence electrons. The van der Waals surface area contributed by atoms with E-state index in [2.05, 4.69) is 15.2 Å². The first-order chi connectivity index (χ1) is 10.1. The lowest BCUT2D eigenvalue weighted by molar-refractivity contribution is 0.0697. The minimum absolute atomic E-state index is 0.0260. The molecule has 1 aromatic heterocycles. The zero-order valence-electron chi connectivity index (χ0n) is 11.1. The highest BCUT2D eigenvalue weighted by Gasteiger charge is 2.23. The molecule has 1 aromatic carbocycles. The average Bonchev–Trinajstić information content (AvgIpc) is 3.10. The molecule has 1 fully saturated rings. The predicted molar refractivity (Wildman–Crippen MR) is 69.9 cm³/mol. The van der Waals surface area contributed by atoms with Gasteiger partial charge in [-0.25, -0.2) is 18.6 Å². The number of aromatic carboxylic acids is 1. The van der Waals surface area contributed by atoms with Gasteiger partial charge in [0.1, 0.15) is 5.82 Å². The van der Waals surface area contributed by atoms with E-state index in [1.165, 1.54) is 0 Å². The fourth-order valence-electron chi connectivity index (χ4n) is 2.69. The van der Waals surface area contributed by atoms with Crippen LogP contribution in [0.4, 0.5) is 8.78 Å². The van der Waals surface area contributed by atoms with Crippen molar-refractivity contribution in [1.29, 1.82) is 0 Å². The first kappa shape index (κ1) is 13.7. The van der Waals surface area contributed by atoms with Crippen molar-refractivity contribution in [2.75, 3.05) is 0 Å². The molecule has 5 nitrogen and oxygen atoms in total. The van der Waals surface area contributed by atoms with Gasteiger partial charge in [-0.15, -0.1) is 0 Å². The van der Waals surface area contributed by atoms with Crippen LogP contribution in [0.3, 0.4) is 0 Å². The van der Waals surface area contributed by atoms with Crippen LogP contribution in [-0.4, -0.2) is 26.3 Å². The van der Waals surface area contributed by atoms with Gasteiger partial charge >= 0.3 is 5.97 Å². The van der Waals surface area contributed by atoms with Gasteiger partial charge in [0.25, 0.3) is 0 Å². The van der Waals surface area contributed by atoms with Crippen molar-refractivity contribution in [3.05, 3.63) is 35.2 Å². The predicted octanol–water partition coefficient (Wildman–Crippen LogP) is 3.11. The number of rotatable bonds is 3. The van der Waals surface area contributed by atoms with Crippen LogP contribution in [0, 0.1) is 11.6 Å². The van der Waals surface area contributed by atoms with Gasteiger partial charge in [0.15, 0.2) is 17.5 Å². The number of hydrogen-bond donors (Lipinski definition) is 2. The average molecular weight is 293 g/mol. The maximum atomic E-state index is 13.4. The van der Waals surface area contributed by atoms with E-state index in [4.69, 9.17) is 5.11 Å². The van der Waals surface area contributed by atoms with Gasteiger partial charge in [0.05, 0.1) is 5.56 Å². The van der Waals surface area contributed by atoms with E-state index in [0.717, 1.165) is 31.7 Å². The quantitative estimate of drug-likeness (QED) is 0.911. The summed E-state index contributed by atoms with van der Waals surface area (Å²) in [6.45, 7) is 0. The third-order valence-corrected chi connectivity index (χ3v) is 3.78. The summed E-state index contributed by atoms with van der Waals surface area (Å²) in [6.07, 6.45) is 4.23. The SMILES string of the molecule is O=C(O)c1cc(F)c(F)cc1-c1n[nH]c(C2CCCC2)n1. The van der Waals surface area contributed by atoms with Crippen molar-refractivity contribution in [3.8, 4) is 11.4 Å². The molecule has 3 rings (SSSR count). The summed E-state index contributed by atoms with van der Waals surface area (Å²) in [5, 5.41) is 15.8. The highest BCUT2D eigenvalue weighted by molar-refractivity contribution is 5.95. The molecule has 7 heteroatoms. The van der Waals surface area contributed by atoms with E-state index in [9.17, 15) is 13.6 Å². The Hall–Kier alpha value is -2.31. The molecule has 0 radical (unpaired) electrons. The number of nitrogens with one attached hydrogen (secondary N) is 1. The number of H-pyrrole nitrogens is 1. The van der Waals surface area contributed by atoms with Crippen LogP contribution in [0.5, 0.6) is 0 Å². The Kier molecular flexibility index (Phi) is 3.40. The van der Waals surface area contributed by atoms with Crippen LogP contribution in [-0.2, 0) is 0 Å². The number of aromatic amines is 1. The van der Waals surface area contributed by atoms with Crippen molar-refractivity contribution in [1.82, 2.24) is 15.2 Å². The molecule has 1 heterocycles. The van der Waals surface area contributed by atoms with Crippen LogP contribution in [0.25, 0.3) is 11.4 Å². The van der Waals surface area contributed by atoms with E-state index in [-0.39, 0.29) is 22.9 Å². The monoisotopic (exact) mass is 293 g/mol. The fourth-order valence-corrected chi connectivity index (χ4v) is 2.69. The number of aromatic nitrogens is 3. The number of halogens is 2. The maximum absolute atomic E-state index is 13.4. The second-order valence-corrected chi connectivity index (χ2v) is 5.14. The van der Waals surface area contributed by atoms with E-state index < -0.39 is 17.6 Å². The summed E-state index contributed by atoms with van der Waals surface area (Å²) in [6, 6.07) is 1.47. The molecule has 0 bridgehead atoms. The Balaban J connectivity index is 2.03. The van der Waals surface area contributed by atoms with Crippen molar-refractivity contribution in [2.24, 2.45) is 0 Å². The molecule has 0 amide bonds. The highest BCUT2D eigenvalue weighted by Crippen LogP contribution is 2.33. The first-order valence-corrected chi connectivity index (χ1v) is 6.71.